The van der Waals surface area contributed by atoms with Crippen LogP contribution in [-0.2, 0) is 6.42 Å². The number of nitrogens with zero attached hydrogens (tertiary/aromatic N) is 2. The summed E-state index contributed by atoms with van der Waals surface area (Å²) < 4.78 is 27.6. The van der Waals surface area contributed by atoms with Gasteiger partial charge in [0.25, 0.3) is 5.91 Å². The number of benzene rings is 1. The third-order valence-electron chi connectivity index (χ3n) is 2.93. The lowest BCUT2D eigenvalue weighted by Crippen LogP contribution is -2.16. The van der Waals surface area contributed by atoms with E-state index in [1.54, 1.807) is 6.07 Å². The van der Waals surface area contributed by atoms with Gasteiger partial charge < -0.3 is 0 Å². The molecule has 3 nitrogen and oxygen atoms in total. The van der Waals surface area contributed by atoms with E-state index in [1.807, 2.05) is 17.5 Å². The van der Waals surface area contributed by atoms with Crippen LogP contribution < -0.4 is 0 Å². The summed E-state index contributed by atoms with van der Waals surface area (Å²) >= 11 is 1.49. The summed E-state index contributed by atoms with van der Waals surface area (Å²) in [7, 11) is 0. The van der Waals surface area contributed by atoms with Crippen LogP contribution in [0.2, 0.25) is 0 Å². The Kier molecular flexibility index (Phi) is 3.62. The standard InChI is InChI=1S/C15H10F2N2OS/c16-11-6-10(7-12(17)9-11)8-15(20)19-13(3-4-18-19)14-2-1-5-21-14/h1-7,9H,8H2. The molecule has 0 amide bonds. The average Bonchev–Trinajstić information content (AvgIpc) is 3.08. The Morgan fingerprint density at radius 3 is 2.62 bits per heavy atom. The lowest BCUT2D eigenvalue weighted by molar-refractivity contribution is 0.0900. The molecule has 106 valence electrons. The summed E-state index contributed by atoms with van der Waals surface area (Å²) in [6, 6.07) is 8.57. The van der Waals surface area contributed by atoms with Crippen LogP contribution in [0.25, 0.3) is 10.6 Å². The molecule has 0 bridgehead atoms. The van der Waals surface area contributed by atoms with Crippen molar-refractivity contribution in [3.63, 3.8) is 0 Å². The molecule has 0 radical (unpaired) electrons. The van der Waals surface area contributed by atoms with E-state index >= 15 is 0 Å². The Morgan fingerprint density at radius 1 is 1.19 bits per heavy atom. The van der Waals surface area contributed by atoms with E-state index in [0.29, 0.717) is 5.69 Å². The average molecular weight is 304 g/mol. The zero-order valence-electron chi connectivity index (χ0n) is 10.8. The van der Waals surface area contributed by atoms with Gasteiger partial charge in [0.2, 0.25) is 0 Å². The number of hydrogen-bond donors (Lipinski definition) is 0. The fourth-order valence-corrected chi connectivity index (χ4v) is 2.81. The van der Waals surface area contributed by atoms with Gasteiger partial charge in [-0.05, 0) is 35.2 Å². The molecule has 2 aromatic heterocycles. The van der Waals surface area contributed by atoms with E-state index in [1.165, 1.54) is 22.2 Å². The second-order valence-corrected chi connectivity index (χ2v) is 5.40. The third kappa shape index (κ3) is 2.90. The molecule has 6 heteroatoms. The molecule has 3 rings (SSSR count). The van der Waals surface area contributed by atoms with E-state index in [9.17, 15) is 13.6 Å². The molecule has 0 aliphatic heterocycles. The molecular formula is C15H10F2N2OS. The van der Waals surface area contributed by atoms with Gasteiger partial charge in [0.05, 0.1) is 23.2 Å². The molecule has 0 saturated heterocycles. The third-order valence-corrected chi connectivity index (χ3v) is 3.82. The number of carbonyl (C=O) groups is 1. The molecule has 0 aliphatic rings. The van der Waals surface area contributed by atoms with Crippen molar-refractivity contribution in [1.82, 2.24) is 9.78 Å². The topological polar surface area (TPSA) is 34.9 Å². The maximum atomic E-state index is 13.2. The van der Waals surface area contributed by atoms with Crippen molar-refractivity contribution in [2.45, 2.75) is 6.42 Å². The van der Waals surface area contributed by atoms with Gasteiger partial charge in [0.1, 0.15) is 11.6 Å². The lowest BCUT2D eigenvalue weighted by Gasteiger charge is -2.05. The van der Waals surface area contributed by atoms with Gasteiger partial charge in [-0.2, -0.15) is 9.78 Å². The number of carbonyl (C=O) groups excluding carboxylic acids is 1. The monoisotopic (exact) mass is 304 g/mol. The van der Waals surface area contributed by atoms with Gasteiger partial charge in [-0.15, -0.1) is 11.3 Å². The predicted octanol–water partition coefficient (Wildman–Crippen LogP) is 3.77. The molecular weight excluding hydrogens is 294 g/mol. The van der Waals surface area contributed by atoms with Crippen LogP contribution in [0.5, 0.6) is 0 Å². The summed E-state index contributed by atoms with van der Waals surface area (Å²) in [4.78, 5) is 13.2. The van der Waals surface area contributed by atoms with Crippen LogP contribution >= 0.6 is 11.3 Å². The first-order valence-electron chi connectivity index (χ1n) is 6.19. The first-order chi connectivity index (χ1) is 10.1. The molecule has 21 heavy (non-hydrogen) atoms. The summed E-state index contributed by atoms with van der Waals surface area (Å²) in [5, 5.41) is 5.90. The van der Waals surface area contributed by atoms with Crippen LogP contribution in [0.15, 0.2) is 48.0 Å². The predicted molar refractivity (Wildman–Crippen MR) is 76.2 cm³/mol. The highest BCUT2D eigenvalue weighted by Gasteiger charge is 2.14. The molecule has 0 spiro atoms. The first-order valence-corrected chi connectivity index (χ1v) is 7.07. The molecule has 2 heterocycles. The lowest BCUT2D eigenvalue weighted by atomic mass is 10.1. The Bertz CT molecular complexity index is 761. The first kappa shape index (κ1) is 13.6. The Hall–Kier alpha value is -2.34. The molecule has 3 aromatic rings. The van der Waals surface area contributed by atoms with Crippen molar-refractivity contribution in [3.05, 3.63) is 65.2 Å². The fraction of sp³-hybridized carbons (Fsp3) is 0.0667. The molecule has 0 aliphatic carbocycles. The molecule has 0 atom stereocenters. The van der Waals surface area contributed by atoms with Gasteiger partial charge in [-0.3, -0.25) is 4.79 Å². The van der Waals surface area contributed by atoms with E-state index in [4.69, 9.17) is 0 Å². The van der Waals surface area contributed by atoms with Gasteiger partial charge in [0.15, 0.2) is 0 Å². The normalized spacial score (nSPS) is 10.8. The minimum atomic E-state index is -0.697. The van der Waals surface area contributed by atoms with Crippen molar-refractivity contribution in [1.29, 1.82) is 0 Å². The quantitative estimate of drug-likeness (QED) is 0.738. The van der Waals surface area contributed by atoms with Crippen LogP contribution in [-0.4, -0.2) is 15.7 Å². The Labute approximate surface area is 123 Å². The molecule has 0 saturated carbocycles. The van der Waals surface area contributed by atoms with E-state index in [2.05, 4.69) is 5.10 Å². The van der Waals surface area contributed by atoms with Crippen molar-refractivity contribution >= 4 is 17.2 Å². The number of halogens is 2. The molecule has 0 unspecified atom stereocenters. The summed E-state index contributed by atoms with van der Waals surface area (Å²) in [6.07, 6.45) is 1.41. The molecule has 0 fully saturated rings. The summed E-state index contributed by atoms with van der Waals surface area (Å²) in [5.74, 6) is -1.73. The summed E-state index contributed by atoms with van der Waals surface area (Å²) in [6.45, 7) is 0. The second kappa shape index (κ2) is 5.57. The number of thiophene rings is 1. The SMILES string of the molecule is O=C(Cc1cc(F)cc(F)c1)n1nccc1-c1cccs1. The van der Waals surface area contributed by atoms with Crippen molar-refractivity contribution < 1.29 is 13.6 Å². The highest BCUT2D eigenvalue weighted by molar-refractivity contribution is 7.13. The van der Waals surface area contributed by atoms with Gasteiger partial charge in [-0.25, -0.2) is 8.78 Å². The zero-order valence-corrected chi connectivity index (χ0v) is 11.6. The van der Waals surface area contributed by atoms with Gasteiger partial charge in [0, 0.05) is 6.07 Å². The van der Waals surface area contributed by atoms with Gasteiger partial charge in [-0.1, -0.05) is 6.07 Å². The van der Waals surface area contributed by atoms with Crippen molar-refractivity contribution in [3.8, 4) is 10.6 Å². The van der Waals surface area contributed by atoms with Crippen molar-refractivity contribution in [2.75, 3.05) is 0 Å². The van der Waals surface area contributed by atoms with Crippen LogP contribution in [0.4, 0.5) is 8.78 Å². The van der Waals surface area contributed by atoms with Gasteiger partial charge >= 0.3 is 0 Å². The van der Waals surface area contributed by atoms with Crippen LogP contribution in [0.3, 0.4) is 0 Å². The van der Waals surface area contributed by atoms with Crippen LogP contribution in [0, 0.1) is 11.6 Å². The highest BCUT2D eigenvalue weighted by Crippen LogP contribution is 2.24. The Balaban J connectivity index is 1.88. The van der Waals surface area contributed by atoms with E-state index in [0.717, 1.165) is 23.1 Å². The number of hydrogen-bond acceptors (Lipinski definition) is 3. The number of aromatic nitrogens is 2. The van der Waals surface area contributed by atoms with E-state index < -0.39 is 11.6 Å². The molecule has 0 N–H and O–H groups in total. The number of rotatable bonds is 3. The fourth-order valence-electron chi connectivity index (χ4n) is 2.08. The van der Waals surface area contributed by atoms with Crippen molar-refractivity contribution in [2.24, 2.45) is 0 Å². The maximum absolute atomic E-state index is 13.2. The maximum Gasteiger partial charge on any atom is 0.251 e. The van der Waals surface area contributed by atoms with Crippen LogP contribution in [0.1, 0.15) is 10.4 Å². The minimum Gasteiger partial charge on any atom is -0.272 e. The molecule has 1 aromatic carbocycles. The second-order valence-electron chi connectivity index (χ2n) is 4.45. The highest BCUT2D eigenvalue weighted by atomic mass is 32.1. The largest absolute Gasteiger partial charge is 0.272 e. The smallest absolute Gasteiger partial charge is 0.251 e. The zero-order chi connectivity index (χ0) is 14.8. The van der Waals surface area contributed by atoms with E-state index in [-0.39, 0.29) is 17.9 Å². The summed E-state index contributed by atoms with van der Waals surface area (Å²) in [5.41, 5.74) is 0.956. The minimum absolute atomic E-state index is 0.116. The Morgan fingerprint density at radius 2 is 1.95 bits per heavy atom.